The number of rotatable bonds is 7. The van der Waals surface area contributed by atoms with Gasteiger partial charge in [-0.3, -0.25) is 4.99 Å². The van der Waals surface area contributed by atoms with Gasteiger partial charge in [-0.25, -0.2) is 0 Å². The number of benzene rings is 1. The van der Waals surface area contributed by atoms with Crippen LogP contribution in [0, 0.1) is 16.3 Å². The molecule has 0 spiro atoms. The molecule has 1 unspecified atom stereocenters. The van der Waals surface area contributed by atoms with Gasteiger partial charge >= 0.3 is 5.69 Å². The third-order valence-electron chi connectivity index (χ3n) is 3.95. The maximum Gasteiger partial charge on any atom is 0.300 e. The topological polar surface area (TPSA) is 66.2 Å². The van der Waals surface area contributed by atoms with Crippen LogP contribution in [0.5, 0.6) is 0 Å². The lowest BCUT2D eigenvalue weighted by Crippen LogP contribution is -2.41. The molecule has 0 amide bonds. The summed E-state index contributed by atoms with van der Waals surface area (Å²) in [5.41, 5.74) is 1.00. The number of nitrogens with zero attached hydrogens (tertiary/aromatic N) is 3. The molecule has 0 aliphatic carbocycles. The number of aromatic nitrogens is 2. The van der Waals surface area contributed by atoms with Gasteiger partial charge in [0, 0.05) is 18.7 Å². The Morgan fingerprint density at radius 2 is 1.91 bits per heavy atom. The van der Waals surface area contributed by atoms with Gasteiger partial charge in [-0.15, -0.1) is 0 Å². The van der Waals surface area contributed by atoms with Crippen LogP contribution in [-0.2, 0) is 0 Å². The molecular weight excluding hydrogens is 278 g/mol. The molecule has 0 radical (unpaired) electrons. The summed E-state index contributed by atoms with van der Waals surface area (Å²) in [6.45, 7) is 5.03. The summed E-state index contributed by atoms with van der Waals surface area (Å²) in [5.74, 6) is 0.538. The lowest BCUT2D eigenvalue weighted by Gasteiger charge is -2.10. The SMILES string of the molecule is CCCCC(CC)C/N=C/c1c[n+]([O-])c2ccccc2[n+]1[O-]. The van der Waals surface area contributed by atoms with Crippen LogP contribution in [0.4, 0.5) is 0 Å². The number of fused-ring (bicyclic) bond motifs is 1. The second-order valence-corrected chi connectivity index (χ2v) is 5.57. The first-order valence-corrected chi connectivity index (χ1v) is 7.91. The Morgan fingerprint density at radius 3 is 2.59 bits per heavy atom. The Bertz CT molecular complexity index is 656. The molecule has 1 aromatic heterocycles. The molecular formula is C17H23N3O2. The molecule has 0 bridgehead atoms. The Hall–Kier alpha value is -2.17. The van der Waals surface area contributed by atoms with Crippen LogP contribution >= 0.6 is 0 Å². The molecule has 2 rings (SSSR count). The predicted octanol–water partition coefficient (Wildman–Crippen LogP) is 2.74. The lowest BCUT2D eigenvalue weighted by atomic mass is 10.00. The summed E-state index contributed by atoms with van der Waals surface area (Å²) in [5, 5.41) is 24.2. The van der Waals surface area contributed by atoms with E-state index in [1.165, 1.54) is 25.3 Å². The Kier molecular flexibility index (Phi) is 5.69. The molecule has 0 fully saturated rings. The Balaban J connectivity index is 2.17. The molecule has 0 aliphatic heterocycles. The number of para-hydroxylation sites is 2. The highest BCUT2D eigenvalue weighted by molar-refractivity contribution is 5.76. The standard InChI is InChI=1S/C17H23N3O2/c1-3-5-8-14(4-2)11-18-12-15-13-19(21)16-9-6-7-10-17(16)20(15)22/h6-7,9-10,12-14H,3-5,8,11H2,1-2H3/b18-12+. The lowest BCUT2D eigenvalue weighted by molar-refractivity contribution is -0.629. The monoisotopic (exact) mass is 301 g/mol. The van der Waals surface area contributed by atoms with Gasteiger partial charge in [0.15, 0.2) is 0 Å². The highest BCUT2D eigenvalue weighted by Crippen LogP contribution is 2.12. The van der Waals surface area contributed by atoms with Crippen molar-refractivity contribution in [1.29, 1.82) is 0 Å². The van der Waals surface area contributed by atoms with Crippen LogP contribution in [0.15, 0.2) is 35.5 Å². The van der Waals surface area contributed by atoms with Crippen molar-refractivity contribution in [3.63, 3.8) is 0 Å². The first-order chi connectivity index (χ1) is 10.7. The average molecular weight is 301 g/mol. The minimum Gasteiger partial charge on any atom is -0.618 e. The van der Waals surface area contributed by atoms with Crippen LogP contribution in [0.3, 0.4) is 0 Å². The van der Waals surface area contributed by atoms with E-state index in [4.69, 9.17) is 0 Å². The van der Waals surface area contributed by atoms with E-state index in [0.29, 0.717) is 23.5 Å². The summed E-state index contributed by atoms with van der Waals surface area (Å²) < 4.78 is 1.49. The largest absolute Gasteiger partial charge is 0.618 e. The van der Waals surface area contributed by atoms with Crippen LogP contribution in [0.2, 0.25) is 0 Å². The van der Waals surface area contributed by atoms with Gasteiger partial charge in [-0.05, 0) is 12.3 Å². The fraction of sp³-hybridized carbons (Fsp3) is 0.471. The van der Waals surface area contributed by atoms with Crippen LogP contribution < -0.4 is 9.46 Å². The van der Waals surface area contributed by atoms with Crippen molar-refractivity contribution in [3.8, 4) is 0 Å². The van der Waals surface area contributed by atoms with E-state index in [2.05, 4.69) is 18.8 Å². The van der Waals surface area contributed by atoms with Crippen LogP contribution in [-0.4, -0.2) is 12.8 Å². The molecule has 1 aromatic carbocycles. The summed E-state index contributed by atoms with van der Waals surface area (Å²) in [4.78, 5) is 4.38. The van der Waals surface area contributed by atoms with Crippen molar-refractivity contribution in [2.75, 3.05) is 6.54 Å². The third kappa shape index (κ3) is 3.72. The van der Waals surface area contributed by atoms with Gasteiger partial charge in [0.05, 0.1) is 0 Å². The third-order valence-corrected chi connectivity index (χ3v) is 3.95. The summed E-state index contributed by atoms with van der Waals surface area (Å²) >= 11 is 0. The van der Waals surface area contributed by atoms with Crippen molar-refractivity contribution in [3.05, 3.63) is 46.6 Å². The molecule has 1 atom stereocenters. The maximum atomic E-state index is 12.3. The van der Waals surface area contributed by atoms with Gasteiger partial charge in [-0.1, -0.05) is 45.2 Å². The number of unbranched alkanes of at least 4 members (excludes halogenated alkanes) is 1. The van der Waals surface area contributed by atoms with Gasteiger partial charge in [0.25, 0.3) is 17.2 Å². The number of hydrogen-bond acceptors (Lipinski definition) is 3. The highest BCUT2D eigenvalue weighted by atomic mass is 16.5. The maximum absolute atomic E-state index is 12.3. The number of hydrogen-bond donors (Lipinski definition) is 0. The molecule has 0 N–H and O–H groups in total. The van der Waals surface area contributed by atoms with E-state index >= 15 is 0 Å². The molecule has 1 heterocycles. The van der Waals surface area contributed by atoms with Crippen molar-refractivity contribution in [2.24, 2.45) is 10.9 Å². The Labute approximate surface area is 131 Å². The molecule has 0 saturated carbocycles. The fourth-order valence-corrected chi connectivity index (χ4v) is 2.50. The summed E-state index contributed by atoms with van der Waals surface area (Å²) in [6.07, 6.45) is 7.41. The van der Waals surface area contributed by atoms with E-state index in [1.807, 2.05) is 0 Å². The first-order valence-electron chi connectivity index (χ1n) is 7.91. The quantitative estimate of drug-likeness (QED) is 0.448. The van der Waals surface area contributed by atoms with Gasteiger partial charge in [-0.2, -0.15) is 9.46 Å². The molecule has 2 aromatic rings. The van der Waals surface area contributed by atoms with E-state index in [9.17, 15) is 10.4 Å². The zero-order chi connectivity index (χ0) is 15.9. The van der Waals surface area contributed by atoms with Crippen molar-refractivity contribution in [1.82, 2.24) is 0 Å². The smallest absolute Gasteiger partial charge is 0.300 e. The molecule has 5 heteroatoms. The summed E-state index contributed by atoms with van der Waals surface area (Å²) in [7, 11) is 0. The van der Waals surface area contributed by atoms with Crippen molar-refractivity contribution >= 4 is 17.2 Å². The first kappa shape index (κ1) is 16.2. The molecule has 0 saturated heterocycles. The predicted molar refractivity (Wildman–Crippen MR) is 87.6 cm³/mol. The minimum atomic E-state index is 0.277. The van der Waals surface area contributed by atoms with Crippen LogP contribution in [0.1, 0.15) is 45.2 Å². The van der Waals surface area contributed by atoms with Crippen molar-refractivity contribution < 1.29 is 9.46 Å². The average Bonchev–Trinajstić information content (AvgIpc) is 2.55. The zero-order valence-corrected chi connectivity index (χ0v) is 13.2. The minimum absolute atomic E-state index is 0.277. The van der Waals surface area contributed by atoms with E-state index < -0.39 is 0 Å². The van der Waals surface area contributed by atoms with Gasteiger partial charge < -0.3 is 10.4 Å². The second kappa shape index (κ2) is 7.73. The molecule has 22 heavy (non-hydrogen) atoms. The zero-order valence-electron chi connectivity index (χ0n) is 13.2. The van der Waals surface area contributed by atoms with Crippen LogP contribution in [0.25, 0.3) is 11.0 Å². The van der Waals surface area contributed by atoms with Gasteiger partial charge in [0.1, 0.15) is 6.21 Å². The van der Waals surface area contributed by atoms with E-state index in [-0.39, 0.29) is 5.69 Å². The van der Waals surface area contributed by atoms with Crippen molar-refractivity contribution in [2.45, 2.75) is 39.5 Å². The van der Waals surface area contributed by atoms with Gasteiger partial charge in [0.2, 0.25) is 0 Å². The molecule has 0 aliphatic rings. The van der Waals surface area contributed by atoms with E-state index in [0.717, 1.165) is 22.3 Å². The Morgan fingerprint density at radius 1 is 1.18 bits per heavy atom. The fourth-order valence-electron chi connectivity index (χ4n) is 2.50. The van der Waals surface area contributed by atoms with E-state index in [1.54, 1.807) is 24.3 Å². The second-order valence-electron chi connectivity index (χ2n) is 5.57. The normalized spacial score (nSPS) is 13.0. The summed E-state index contributed by atoms with van der Waals surface area (Å²) in [6, 6.07) is 6.76. The highest BCUT2D eigenvalue weighted by Gasteiger charge is 2.17. The number of aliphatic imine (C=N–C) groups is 1. The molecule has 5 nitrogen and oxygen atoms in total. The molecule has 118 valence electrons.